The first-order valence-electron chi connectivity index (χ1n) is 6.58. The summed E-state index contributed by atoms with van der Waals surface area (Å²) < 4.78 is 7.45. The third-order valence-corrected chi connectivity index (χ3v) is 3.90. The number of methoxy groups -OCH3 is 1. The second-order valence-electron chi connectivity index (χ2n) is 4.81. The number of benzene rings is 1. The van der Waals surface area contributed by atoms with Crippen LogP contribution in [0.2, 0.25) is 0 Å². The van der Waals surface area contributed by atoms with E-state index in [2.05, 4.69) is 26.0 Å². The fraction of sp³-hybridized carbons (Fsp3) is 0.133. The SMILES string of the molecule is COc1ccc(Cn2cc(C(=N)[Se])c3c(N)ncnc32)cc1. The molecule has 0 fully saturated rings. The van der Waals surface area contributed by atoms with E-state index in [1.54, 1.807) is 7.11 Å². The van der Waals surface area contributed by atoms with Crippen molar-refractivity contribution in [1.29, 1.82) is 5.41 Å². The van der Waals surface area contributed by atoms with Gasteiger partial charge in [0.25, 0.3) is 0 Å². The van der Waals surface area contributed by atoms with Gasteiger partial charge >= 0.3 is 135 Å². The molecule has 0 aliphatic rings. The van der Waals surface area contributed by atoms with E-state index in [0.717, 1.165) is 17.0 Å². The number of fused-ring (bicyclic) bond motifs is 1. The number of hydrogen-bond acceptors (Lipinski definition) is 5. The van der Waals surface area contributed by atoms with Gasteiger partial charge in [0.15, 0.2) is 0 Å². The molecule has 111 valence electrons. The Balaban J connectivity index is 2.06. The number of nitrogen functional groups attached to an aromatic ring is 1. The summed E-state index contributed by atoms with van der Waals surface area (Å²) >= 11 is 2.71. The molecule has 0 aliphatic heterocycles. The van der Waals surface area contributed by atoms with Gasteiger partial charge in [0.1, 0.15) is 0 Å². The summed E-state index contributed by atoms with van der Waals surface area (Å²) in [7, 11) is 1.64. The Bertz CT molecular complexity index is 841. The molecule has 0 bridgehead atoms. The van der Waals surface area contributed by atoms with Gasteiger partial charge in [-0.25, -0.2) is 0 Å². The van der Waals surface area contributed by atoms with Gasteiger partial charge < -0.3 is 0 Å². The van der Waals surface area contributed by atoms with Crippen LogP contribution in [0.3, 0.4) is 0 Å². The zero-order valence-corrected chi connectivity index (χ0v) is 13.6. The van der Waals surface area contributed by atoms with Crippen molar-refractivity contribution in [3.63, 3.8) is 0 Å². The van der Waals surface area contributed by atoms with E-state index in [4.69, 9.17) is 15.9 Å². The molecule has 3 N–H and O–H groups in total. The van der Waals surface area contributed by atoms with Crippen molar-refractivity contribution in [1.82, 2.24) is 14.5 Å². The van der Waals surface area contributed by atoms with Crippen LogP contribution in [0, 0.1) is 5.41 Å². The molecule has 0 saturated heterocycles. The summed E-state index contributed by atoms with van der Waals surface area (Å²) in [6.07, 6.45) is 3.31. The first kappa shape index (κ1) is 14.6. The Kier molecular flexibility index (Phi) is 3.83. The molecule has 0 unspecified atom stereocenters. The standard InChI is InChI=1S/C15H14N5OSe/c1-21-10-4-2-9(3-5-10)6-20-7-11(14(17)22)12-13(16)18-8-19-15(12)20/h2-5,7-8,17H,6H2,1H3,(H2,16,18,19). The minimum atomic E-state index is 0.319. The van der Waals surface area contributed by atoms with E-state index in [9.17, 15) is 0 Å². The third kappa shape index (κ3) is 2.56. The molecule has 1 radical (unpaired) electrons. The van der Waals surface area contributed by atoms with Crippen LogP contribution in [0.1, 0.15) is 11.1 Å². The molecule has 7 heteroatoms. The summed E-state index contributed by atoms with van der Waals surface area (Å²) in [5, 5.41) is 8.57. The van der Waals surface area contributed by atoms with Crippen LogP contribution in [0.25, 0.3) is 11.0 Å². The molecule has 22 heavy (non-hydrogen) atoms. The molecule has 0 spiro atoms. The Labute approximate surface area is 135 Å². The predicted molar refractivity (Wildman–Crippen MR) is 86.6 cm³/mol. The number of ether oxygens (including phenoxy) is 1. The fourth-order valence-electron chi connectivity index (χ4n) is 2.37. The Hall–Kier alpha value is -2.37. The molecule has 6 nitrogen and oxygen atoms in total. The second-order valence-corrected chi connectivity index (χ2v) is 5.66. The first-order chi connectivity index (χ1) is 10.6. The molecule has 0 amide bonds. The maximum atomic E-state index is 7.86. The summed E-state index contributed by atoms with van der Waals surface area (Å²) in [6.45, 7) is 0.629. The topological polar surface area (TPSA) is 89.8 Å². The number of hydrogen-bond donors (Lipinski definition) is 2. The molecule has 3 aromatic rings. The number of anilines is 1. The molecule has 0 aliphatic carbocycles. The van der Waals surface area contributed by atoms with E-state index in [-0.39, 0.29) is 0 Å². The number of nitrogens with two attached hydrogens (primary N) is 1. The van der Waals surface area contributed by atoms with Gasteiger partial charge in [0.05, 0.1) is 0 Å². The maximum absolute atomic E-state index is 7.86. The first-order valence-corrected chi connectivity index (χ1v) is 7.44. The van der Waals surface area contributed by atoms with Gasteiger partial charge in [-0.15, -0.1) is 0 Å². The van der Waals surface area contributed by atoms with E-state index in [1.165, 1.54) is 6.33 Å². The van der Waals surface area contributed by atoms with Gasteiger partial charge in [-0.2, -0.15) is 0 Å². The van der Waals surface area contributed by atoms with Gasteiger partial charge in [0.2, 0.25) is 0 Å². The molecule has 0 saturated carbocycles. The van der Waals surface area contributed by atoms with E-state index < -0.39 is 0 Å². The molecular weight excluding hydrogens is 345 g/mol. The zero-order valence-electron chi connectivity index (χ0n) is 11.9. The van der Waals surface area contributed by atoms with Crippen molar-refractivity contribution in [2.75, 3.05) is 12.8 Å². The molecule has 0 atom stereocenters. The zero-order chi connectivity index (χ0) is 15.7. The van der Waals surface area contributed by atoms with Crippen molar-refractivity contribution >= 4 is 37.5 Å². The van der Waals surface area contributed by atoms with Crippen molar-refractivity contribution in [2.45, 2.75) is 6.54 Å². The van der Waals surface area contributed by atoms with Crippen LogP contribution in [-0.4, -0.2) is 42.3 Å². The molecule has 2 heterocycles. The fourth-order valence-corrected chi connectivity index (χ4v) is 2.69. The van der Waals surface area contributed by atoms with Crippen LogP contribution >= 0.6 is 0 Å². The van der Waals surface area contributed by atoms with Crippen molar-refractivity contribution in [3.05, 3.63) is 47.9 Å². The number of rotatable bonds is 4. The van der Waals surface area contributed by atoms with E-state index in [0.29, 0.717) is 27.9 Å². The van der Waals surface area contributed by atoms with E-state index >= 15 is 0 Å². The quantitative estimate of drug-likeness (QED) is 0.547. The Morgan fingerprint density at radius 2 is 2.05 bits per heavy atom. The molecule has 3 rings (SSSR count). The average molecular weight is 359 g/mol. The van der Waals surface area contributed by atoms with Crippen LogP contribution in [0.15, 0.2) is 36.8 Å². The summed E-state index contributed by atoms with van der Waals surface area (Å²) in [6, 6.07) is 7.83. The van der Waals surface area contributed by atoms with Crippen molar-refractivity contribution < 1.29 is 4.74 Å². The molecular formula is C15H14N5OSe. The summed E-state index contributed by atoms with van der Waals surface area (Å²) in [5.74, 6) is 1.20. The Morgan fingerprint density at radius 3 is 2.68 bits per heavy atom. The van der Waals surface area contributed by atoms with Gasteiger partial charge in [-0.1, -0.05) is 0 Å². The number of aromatic nitrogens is 3. The van der Waals surface area contributed by atoms with Gasteiger partial charge in [-0.05, 0) is 0 Å². The van der Waals surface area contributed by atoms with Crippen LogP contribution in [-0.2, 0) is 6.54 Å². The normalized spacial score (nSPS) is 10.8. The van der Waals surface area contributed by atoms with Crippen molar-refractivity contribution in [2.24, 2.45) is 0 Å². The van der Waals surface area contributed by atoms with Crippen LogP contribution in [0.5, 0.6) is 5.75 Å². The minimum absolute atomic E-state index is 0.319. The van der Waals surface area contributed by atoms with Crippen molar-refractivity contribution in [3.8, 4) is 5.75 Å². The van der Waals surface area contributed by atoms with Gasteiger partial charge in [0, 0.05) is 0 Å². The summed E-state index contributed by atoms with van der Waals surface area (Å²) in [5.41, 5.74) is 8.48. The Morgan fingerprint density at radius 1 is 1.32 bits per heavy atom. The molecule has 1 aromatic carbocycles. The predicted octanol–water partition coefficient (Wildman–Crippen LogP) is 1.56. The van der Waals surface area contributed by atoms with Crippen LogP contribution < -0.4 is 10.5 Å². The van der Waals surface area contributed by atoms with Gasteiger partial charge in [-0.3, -0.25) is 0 Å². The molecule has 2 aromatic heterocycles. The van der Waals surface area contributed by atoms with Crippen LogP contribution in [0.4, 0.5) is 5.82 Å². The second kappa shape index (κ2) is 5.79. The van der Waals surface area contributed by atoms with E-state index in [1.807, 2.05) is 35.0 Å². The number of nitrogens with zero attached hydrogens (tertiary/aromatic N) is 3. The monoisotopic (exact) mass is 360 g/mol. The number of nitrogens with one attached hydrogen (secondary N) is 1. The summed E-state index contributed by atoms with van der Waals surface area (Å²) in [4.78, 5) is 8.33. The average Bonchev–Trinajstić information content (AvgIpc) is 2.89. The third-order valence-electron chi connectivity index (χ3n) is 3.44.